The van der Waals surface area contributed by atoms with Crippen molar-refractivity contribution in [3.8, 4) is 0 Å². The minimum atomic E-state index is -0.533. The van der Waals surface area contributed by atoms with Crippen molar-refractivity contribution in [1.29, 1.82) is 0 Å². The summed E-state index contributed by atoms with van der Waals surface area (Å²) in [6, 6.07) is 6.31. The van der Waals surface area contributed by atoms with Gasteiger partial charge in [-0.2, -0.15) is 0 Å². The Balaban J connectivity index is 2.35. The average molecular weight is 263 g/mol. The van der Waals surface area contributed by atoms with E-state index in [2.05, 4.69) is 6.92 Å². The van der Waals surface area contributed by atoms with Crippen molar-refractivity contribution in [2.24, 2.45) is 5.92 Å². The Morgan fingerprint density at radius 1 is 1.26 bits per heavy atom. The van der Waals surface area contributed by atoms with Crippen LogP contribution in [0.15, 0.2) is 24.3 Å². The number of likely N-dealkylation sites (N-methyl/N-ethyl adjacent to an activating group) is 1. The summed E-state index contributed by atoms with van der Waals surface area (Å²) in [6.45, 7) is 2.22. The molecule has 1 aromatic carbocycles. The van der Waals surface area contributed by atoms with Gasteiger partial charge < -0.3 is 0 Å². The Morgan fingerprint density at radius 3 is 2.37 bits per heavy atom. The third kappa shape index (κ3) is 2.57. The number of benzene rings is 1. The van der Waals surface area contributed by atoms with Crippen molar-refractivity contribution in [3.63, 3.8) is 0 Å². The smallest absolute Gasteiger partial charge is 0.185 e. The minimum Gasteiger partial charge on any atom is -0.297 e. The summed E-state index contributed by atoms with van der Waals surface area (Å²) in [6.07, 6.45) is 3.68. The van der Waals surface area contributed by atoms with Gasteiger partial charge in [-0.05, 0) is 57.8 Å². The fraction of sp³-hybridized carbons (Fsp3) is 0.562. The lowest BCUT2D eigenvalue weighted by Gasteiger charge is -2.43. The molecule has 2 nitrogen and oxygen atoms in total. The zero-order valence-corrected chi connectivity index (χ0v) is 11.9. The molecule has 1 aliphatic carbocycles. The third-order valence-corrected chi connectivity index (χ3v) is 4.50. The molecule has 0 bridgehead atoms. The van der Waals surface area contributed by atoms with Crippen LogP contribution in [-0.2, 0) is 0 Å². The summed E-state index contributed by atoms with van der Waals surface area (Å²) in [7, 11) is 3.85. The molecule has 3 heteroatoms. The number of carbonyl (C=O) groups is 1. The highest BCUT2D eigenvalue weighted by Gasteiger charge is 2.43. The largest absolute Gasteiger partial charge is 0.297 e. The summed E-state index contributed by atoms with van der Waals surface area (Å²) < 4.78 is 13.9. The molecule has 0 N–H and O–H groups in total. The number of ketones is 1. The lowest BCUT2D eigenvalue weighted by atomic mass is 9.72. The van der Waals surface area contributed by atoms with Crippen LogP contribution >= 0.6 is 0 Å². The number of rotatable bonds is 3. The van der Waals surface area contributed by atoms with E-state index < -0.39 is 11.4 Å². The third-order valence-electron chi connectivity index (χ3n) is 4.50. The van der Waals surface area contributed by atoms with Gasteiger partial charge in [0.2, 0.25) is 0 Å². The molecule has 0 aromatic heterocycles. The first-order valence-electron chi connectivity index (χ1n) is 6.94. The van der Waals surface area contributed by atoms with Crippen molar-refractivity contribution in [2.45, 2.75) is 38.1 Å². The highest BCUT2D eigenvalue weighted by molar-refractivity contribution is 6.03. The molecule has 1 saturated carbocycles. The molecule has 0 atom stereocenters. The fourth-order valence-electron chi connectivity index (χ4n) is 3.01. The van der Waals surface area contributed by atoms with Crippen molar-refractivity contribution in [2.75, 3.05) is 14.1 Å². The van der Waals surface area contributed by atoms with E-state index in [0.29, 0.717) is 5.92 Å². The molecule has 104 valence electrons. The van der Waals surface area contributed by atoms with Crippen LogP contribution in [0.5, 0.6) is 0 Å². The molecule has 0 amide bonds. The van der Waals surface area contributed by atoms with Gasteiger partial charge in [0, 0.05) is 0 Å². The summed E-state index contributed by atoms with van der Waals surface area (Å²) in [5.74, 6) is 0.177. The highest BCUT2D eigenvalue weighted by Crippen LogP contribution is 2.38. The van der Waals surface area contributed by atoms with E-state index in [0.717, 1.165) is 25.7 Å². The molecule has 0 aliphatic heterocycles. The van der Waals surface area contributed by atoms with E-state index in [1.807, 2.05) is 19.0 Å². The van der Waals surface area contributed by atoms with Crippen LogP contribution < -0.4 is 0 Å². The van der Waals surface area contributed by atoms with E-state index in [4.69, 9.17) is 0 Å². The Kier molecular flexibility index (Phi) is 4.04. The number of hydrogen-bond donors (Lipinski definition) is 0. The van der Waals surface area contributed by atoms with Crippen LogP contribution in [0.2, 0.25) is 0 Å². The van der Waals surface area contributed by atoms with E-state index >= 15 is 0 Å². The van der Waals surface area contributed by atoms with Gasteiger partial charge in [-0.15, -0.1) is 0 Å². The molecule has 0 radical (unpaired) electrons. The maximum atomic E-state index is 13.9. The maximum absolute atomic E-state index is 13.9. The fourth-order valence-corrected chi connectivity index (χ4v) is 3.01. The first-order chi connectivity index (χ1) is 8.97. The van der Waals surface area contributed by atoms with Crippen LogP contribution in [0.3, 0.4) is 0 Å². The topological polar surface area (TPSA) is 20.3 Å². The Bertz CT molecular complexity index is 462. The summed E-state index contributed by atoms with van der Waals surface area (Å²) >= 11 is 0. The van der Waals surface area contributed by atoms with Crippen LogP contribution in [0.4, 0.5) is 4.39 Å². The normalized spacial score (nSPS) is 27.5. The van der Waals surface area contributed by atoms with Crippen molar-refractivity contribution in [1.82, 2.24) is 4.90 Å². The lowest BCUT2D eigenvalue weighted by molar-refractivity contribution is 0.0509. The molecule has 0 heterocycles. The van der Waals surface area contributed by atoms with Gasteiger partial charge in [0.25, 0.3) is 0 Å². The molecule has 0 spiro atoms. The first kappa shape index (κ1) is 14.2. The maximum Gasteiger partial charge on any atom is 0.185 e. The zero-order valence-electron chi connectivity index (χ0n) is 11.9. The molecular weight excluding hydrogens is 241 g/mol. The quantitative estimate of drug-likeness (QED) is 0.778. The van der Waals surface area contributed by atoms with Gasteiger partial charge in [0.05, 0.1) is 11.1 Å². The summed E-state index contributed by atoms with van der Waals surface area (Å²) in [5.41, 5.74) is -0.305. The van der Waals surface area contributed by atoms with Crippen LogP contribution in [0, 0.1) is 11.7 Å². The number of nitrogens with zero attached hydrogens (tertiary/aromatic N) is 1. The number of hydrogen-bond acceptors (Lipinski definition) is 2. The second-order valence-corrected chi connectivity index (χ2v) is 5.92. The molecule has 2 rings (SSSR count). The highest BCUT2D eigenvalue weighted by atomic mass is 19.1. The zero-order chi connectivity index (χ0) is 14.0. The predicted molar refractivity (Wildman–Crippen MR) is 74.8 cm³/mol. The van der Waals surface area contributed by atoms with Gasteiger partial charge in [-0.1, -0.05) is 19.1 Å². The van der Waals surface area contributed by atoms with Crippen LogP contribution in [0.1, 0.15) is 43.0 Å². The molecule has 0 unspecified atom stereocenters. The van der Waals surface area contributed by atoms with E-state index in [1.54, 1.807) is 18.2 Å². The number of carbonyl (C=O) groups excluding carboxylic acids is 1. The predicted octanol–water partition coefficient (Wildman–Crippen LogP) is 3.52. The first-order valence-corrected chi connectivity index (χ1v) is 6.94. The van der Waals surface area contributed by atoms with Crippen molar-refractivity contribution in [3.05, 3.63) is 35.6 Å². The van der Waals surface area contributed by atoms with Gasteiger partial charge in [0.15, 0.2) is 5.78 Å². The van der Waals surface area contributed by atoms with Gasteiger partial charge in [-0.3, -0.25) is 9.69 Å². The SMILES string of the molecule is CC1CCC(C(=O)c2ccccc2F)(N(C)C)CC1. The molecule has 0 saturated heterocycles. The monoisotopic (exact) mass is 263 g/mol. The molecule has 19 heavy (non-hydrogen) atoms. The average Bonchev–Trinajstić information content (AvgIpc) is 2.39. The summed E-state index contributed by atoms with van der Waals surface area (Å²) in [4.78, 5) is 14.8. The summed E-state index contributed by atoms with van der Waals surface area (Å²) in [5, 5.41) is 0. The molecule has 1 fully saturated rings. The number of halogens is 1. The Labute approximate surface area is 114 Å². The van der Waals surface area contributed by atoms with Gasteiger partial charge in [-0.25, -0.2) is 4.39 Å². The molecule has 1 aliphatic rings. The van der Waals surface area contributed by atoms with E-state index in [1.165, 1.54) is 6.07 Å². The minimum absolute atomic E-state index is 0.0671. The lowest BCUT2D eigenvalue weighted by Crippen LogP contribution is -2.53. The Morgan fingerprint density at radius 2 is 1.84 bits per heavy atom. The van der Waals surface area contributed by atoms with Gasteiger partial charge in [0.1, 0.15) is 5.82 Å². The van der Waals surface area contributed by atoms with Gasteiger partial charge >= 0.3 is 0 Å². The van der Waals surface area contributed by atoms with E-state index in [-0.39, 0.29) is 11.3 Å². The molecule has 1 aromatic rings. The van der Waals surface area contributed by atoms with Crippen LogP contribution in [-0.4, -0.2) is 30.3 Å². The molecular formula is C16H22FNO. The standard InChI is InChI=1S/C16H22FNO/c1-12-8-10-16(11-9-12,18(2)3)15(19)13-6-4-5-7-14(13)17/h4-7,12H,8-11H2,1-3H3. The number of Topliss-reactive ketones (excluding diaryl/α,β-unsaturated/α-hetero) is 1. The second kappa shape index (κ2) is 5.41. The van der Waals surface area contributed by atoms with Crippen LogP contribution in [0.25, 0.3) is 0 Å². The van der Waals surface area contributed by atoms with Crippen molar-refractivity contribution < 1.29 is 9.18 Å². The van der Waals surface area contributed by atoms with Crippen molar-refractivity contribution >= 4 is 5.78 Å². The second-order valence-electron chi connectivity index (χ2n) is 5.92. The Hall–Kier alpha value is -1.22. The van der Waals surface area contributed by atoms with E-state index in [9.17, 15) is 9.18 Å².